The van der Waals surface area contributed by atoms with Crippen molar-refractivity contribution in [2.45, 2.75) is 51.6 Å². The molecule has 1 N–H and O–H groups in total. The first-order valence-corrected chi connectivity index (χ1v) is 7.33. The van der Waals surface area contributed by atoms with E-state index < -0.39 is 0 Å². The van der Waals surface area contributed by atoms with Gasteiger partial charge in [0.15, 0.2) is 0 Å². The van der Waals surface area contributed by atoms with E-state index in [1.807, 2.05) is 0 Å². The van der Waals surface area contributed by atoms with E-state index in [9.17, 15) is 0 Å². The fourth-order valence-electron chi connectivity index (χ4n) is 2.80. The third kappa shape index (κ3) is 2.41. The van der Waals surface area contributed by atoms with Gasteiger partial charge in [-0.15, -0.1) is 0 Å². The molecular weight excluding hydrogens is 260 g/mol. The van der Waals surface area contributed by atoms with Crippen molar-refractivity contribution in [3.63, 3.8) is 0 Å². The van der Waals surface area contributed by atoms with Crippen LogP contribution in [0.4, 0.5) is 5.82 Å². The van der Waals surface area contributed by atoms with Gasteiger partial charge in [0.05, 0.1) is 5.39 Å². The zero-order chi connectivity index (χ0) is 13.4. The van der Waals surface area contributed by atoms with E-state index in [0.29, 0.717) is 17.4 Å². The number of aromatic nitrogens is 3. The number of hydrogen-bond acceptors (Lipinski definition) is 3. The van der Waals surface area contributed by atoms with Crippen LogP contribution in [-0.4, -0.2) is 20.6 Å². The quantitative estimate of drug-likeness (QED) is 0.862. The number of rotatable bonds is 3. The minimum atomic E-state index is 0.314. The fourth-order valence-corrected chi connectivity index (χ4v) is 2.96. The molecule has 19 heavy (non-hydrogen) atoms. The number of fused-ring (bicyclic) bond motifs is 1. The Kier molecular flexibility index (Phi) is 3.35. The summed E-state index contributed by atoms with van der Waals surface area (Å²) in [4.78, 5) is 8.74. The van der Waals surface area contributed by atoms with E-state index in [1.54, 1.807) is 0 Å². The van der Waals surface area contributed by atoms with Crippen LogP contribution >= 0.6 is 11.6 Å². The van der Waals surface area contributed by atoms with Crippen molar-refractivity contribution >= 4 is 28.5 Å². The lowest BCUT2D eigenvalue weighted by atomic mass is 10.2. The molecular formula is C14H19ClN4. The summed E-state index contributed by atoms with van der Waals surface area (Å²) in [7, 11) is 0. The van der Waals surface area contributed by atoms with Crippen molar-refractivity contribution in [2.24, 2.45) is 0 Å². The Morgan fingerprint density at radius 3 is 2.74 bits per heavy atom. The number of halogens is 1. The van der Waals surface area contributed by atoms with Gasteiger partial charge in [-0.25, -0.2) is 4.98 Å². The maximum Gasteiger partial charge on any atom is 0.226 e. The van der Waals surface area contributed by atoms with E-state index in [-0.39, 0.29) is 0 Å². The maximum absolute atomic E-state index is 6.07. The minimum Gasteiger partial charge on any atom is -0.367 e. The molecule has 0 unspecified atom stereocenters. The Bertz CT molecular complexity index is 584. The second kappa shape index (κ2) is 5.00. The highest BCUT2D eigenvalue weighted by Crippen LogP contribution is 2.28. The van der Waals surface area contributed by atoms with Crippen molar-refractivity contribution in [1.29, 1.82) is 0 Å². The Hall–Kier alpha value is -1.29. The Morgan fingerprint density at radius 2 is 2.05 bits per heavy atom. The highest BCUT2D eigenvalue weighted by Gasteiger charge is 2.18. The summed E-state index contributed by atoms with van der Waals surface area (Å²) >= 11 is 6.07. The first kappa shape index (κ1) is 12.7. The summed E-state index contributed by atoms with van der Waals surface area (Å²) in [5.74, 6) is 0.876. The lowest BCUT2D eigenvalue weighted by Crippen LogP contribution is -2.16. The molecule has 5 heteroatoms. The van der Waals surface area contributed by atoms with Crippen molar-refractivity contribution < 1.29 is 0 Å². The Balaban J connectivity index is 2.03. The van der Waals surface area contributed by atoms with Gasteiger partial charge in [-0.1, -0.05) is 12.8 Å². The summed E-state index contributed by atoms with van der Waals surface area (Å²) in [5, 5.41) is 4.90. The maximum atomic E-state index is 6.07. The molecule has 1 saturated carbocycles. The zero-order valence-electron chi connectivity index (χ0n) is 11.4. The number of nitrogens with zero attached hydrogens (tertiary/aromatic N) is 3. The van der Waals surface area contributed by atoms with Crippen LogP contribution < -0.4 is 5.32 Å². The van der Waals surface area contributed by atoms with Crippen LogP contribution in [0.25, 0.3) is 11.0 Å². The van der Waals surface area contributed by atoms with Crippen LogP contribution in [-0.2, 0) is 0 Å². The van der Waals surface area contributed by atoms with Gasteiger partial charge in [0, 0.05) is 18.3 Å². The van der Waals surface area contributed by atoms with Gasteiger partial charge in [-0.3, -0.25) is 0 Å². The molecule has 2 aromatic heterocycles. The summed E-state index contributed by atoms with van der Waals surface area (Å²) in [5.41, 5.74) is 0.912. The van der Waals surface area contributed by atoms with E-state index in [2.05, 4.69) is 46.0 Å². The average Bonchev–Trinajstić information content (AvgIpc) is 2.97. The first-order valence-electron chi connectivity index (χ1n) is 6.96. The molecule has 1 aliphatic rings. The lowest BCUT2D eigenvalue weighted by Gasteiger charge is -2.14. The molecule has 0 atom stereocenters. The average molecular weight is 279 g/mol. The van der Waals surface area contributed by atoms with Gasteiger partial charge in [0.25, 0.3) is 0 Å². The molecule has 0 saturated heterocycles. The van der Waals surface area contributed by atoms with Crippen LogP contribution in [0.2, 0.25) is 5.28 Å². The number of anilines is 1. The van der Waals surface area contributed by atoms with Gasteiger partial charge in [-0.05, 0) is 44.4 Å². The number of hydrogen-bond donors (Lipinski definition) is 1. The van der Waals surface area contributed by atoms with E-state index in [4.69, 9.17) is 11.6 Å². The first-order chi connectivity index (χ1) is 9.15. The van der Waals surface area contributed by atoms with E-state index in [1.165, 1.54) is 25.7 Å². The molecule has 0 aromatic carbocycles. The molecule has 0 radical (unpaired) electrons. The topological polar surface area (TPSA) is 42.7 Å². The zero-order valence-corrected chi connectivity index (χ0v) is 12.1. The van der Waals surface area contributed by atoms with Crippen molar-refractivity contribution in [1.82, 2.24) is 14.5 Å². The molecule has 0 spiro atoms. The molecule has 3 rings (SSSR count). The largest absolute Gasteiger partial charge is 0.367 e. The second-order valence-corrected chi connectivity index (χ2v) is 5.86. The SMILES string of the molecule is CC(C)n1ccc2c(NC3CCCC3)nc(Cl)nc21. The fraction of sp³-hybridized carbons (Fsp3) is 0.571. The van der Waals surface area contributed by atoms with Crippen LogP contribution in [0, 0.1) is 0 Å². The summed E-state index contributed by atoms with van der Waals surface area (Å²) in [6.07, 6.45) is 7.08. The summed E-state index contributed by atoms with van der Waals surface area (Å²) in [6, 6.07) is 2.96. The van der Waals surface area contributed by atoms with Gasteiger partial charge in [-0.2, -0.15) is 4.98 Å². The molecule has 0 aliphatic heterocycles. The third-order valence-electron chi connectivity index (χ3n) is 3.80. The molecule has 1 aliphatic carbocycles. The second-order valence-electron chi connectivity index (χ2n) is 5.52. The highest BCUT2D eigenvalue weighted by atomic mass is 35.5. The number of nitrogens with one attached hydrogen (secondary N) is 1. The Morgan fingerprint density at radius 1 is 1.32 bits per heavy atom. The van der Waals surface area contributed by atoms with Gasteiger partial charge in [0.2, 0.25) is 5.28 Å². The molecule has 102 valence electrons. The molecule has 1 fully saturated rings. The molecule has 0 bridgehead atoms. The van der Waals surface area contributed by atoms with Crippen LogP contribution in [0.3, 0.4) is 0 Å². The van der Waals surface area contributed by atoms with E-state index >= 15 is 0 Å². The van der Waals surface area contributed by atoms with Crippen molar-refractivity contribution in [2.75, 3.05) is 5.32 Å². The van der Waals surface area contributed by atoms with Crippen LogP contribution in [0.15, 0.2) is 12.3 Å². The predicted molar refractivity (Wildman–Crippen MR) is 78.8 cm³/mol. The van der Waals surface area contributed by atoms with Crippen LogP contribution in [0.1, 0.15) is 45.6 Å². The van der Waals surface area contributed by atoms with Crippen molar-refractivity contribution in [3.8, 4) is 0 Å². The normalized spacial score (nSPS) is 16.6. The highest BCUT2D eigenvalue weighted by molar-refractivity contribution is 6.28. The third-order valence-corrected chi connectivity index (χ3v) is 3.97. The minimum absolute atomic E-state index is 0.314. The molecule has 0 amide bonds. The van der Waals surface area contributed by atoms with Gasteiger partial charge in [0.1, 0.15) is 11.5 Å². The monoisotopic (exact) mass is 278 g/mol. The van der Waals surface area contributed by atoms with Crippen molar-refractivity contribution in [3.05, 3.63) is 17.5 Å². The predicted octanol–water partition coefficient (Wildman–Crippen LogP) is 4.02. The summed E-state index contributed by atoms with van der Waals surface area (Å²) in [6.45, 7) is 4.28. The lowest BCUT2D eigenvalue weighted by molar-refractivity contribution is 0.617. The molecule has 2 heterocycles. The standard InChI is InChI=1S/C14H19ClN4/c1-9(2)19-8-7-11-12(16-10-5-3-4-6-10)17-14(15)18-13(11)19/h7-10H,3-6H2,1-2H3,(H,16,17,18). The van der Waals surface area contributed by atoms with Gasteiger partial charge >= 0.3 is 0 Å². The Labute approximate surface area is 118 Å². The smallest absolute Gasteiger partial charge is 0.226 e. The van der Waals surface area contributed by atoms with E-state index in [0.717, 1.165) is 16.9 Å². The van der Waals surface area contributed by atoms with Crippen LogP contribution in [0.5, 0.6) is 0 Å². The summed E-state index contributed by atoms with van der Waals surface area (Å²) < 4.78 is 2.13. The molecule has 2 aromatic rings. The molecule has 4 nitrogen and oxygen atoms in total. The van der Waals surface area contributed by atoms with Gasteiger partial charge < -0.3 is 9.88 Å².